The number of likely N-dealkylation sites (N-methyl/N-ethyl adjacent to an activating group) is 2. The molecule has 0 radical (unpaired) electrons. The molecule has 3 rings (SSSR count). The van der Waals surface area contributed by atoms with Crippen molar-refractivity contribution in [2.45, 2.75) is 37.1 Å². The first-order valence-corrected chi connectivity index (χ1v) is 10.2. The van der Waals surface area contributed by atoms with Crippen LogP contribution in [0.15, 0.2) is 17.0 Å². The van der Waals surface area contributed by atoms with Gasteiger partial charge in [-0.3, -0.25) is 9.69 Å². The van der Waals surface area contributed by atoms with Gasteiger partial charge in [-0.05, 0) is 49.9 Å². The van der Waals surface area contributed by atoms with Crippen molar-refractivity contribution < 1.29 is 22.7 Å². The van der Waals surface area contributed by atoms with Gasteiger partial charge in [0.05, 0.1) is 12.0 Å². The van der Waals surface area contributed by atoms with Gasteiger partial charge in [0, 0.05) is 27.2 Å². The molecule has 0 unspecified atom stereocenters. The Morgan fingerprint density at radius 2 is 1.63 bits per heavy atom. The quantitative estimate of drug-likeness (QED) is 0.721. The van der Waals surface area contributed by atoms with Gasteiger partial charge in [-0.2, -0.15) is 4.31 Å². The molecule has 1 aromatic carbocycles. The van der Waals surface area contributed by atoms with E-state index in [1.165, 1.54) is 16.3 Å². The number of piperidine rings is 1. The third-order valence-corrected chi connectivity index (χ3v) is 8.04. The van der Waals surface area contributed by atoms with Crippen molar-refractivity contribution >= 4 is 22.0 Å². The number of sulfonamides is 1. The van der Waals surface area contributed by atoms with Crippen LogP contribution in [0, 0.1) is 13.8 Å². The van der Waals surface area contributed by atoms with Crippen LogP contribution in [-0.4, -0.2) is 74.3 Å². The van der Waals surface area contributed by atoms with Crippen LogP contribution in [0.3, 0.4) is 0 Å². The van der Waals surface area contributed by atoms with E-state index in [0.717, 1.165) is 10.5 Å². The number of nitrogens with zero attached hydrogens (tertiary/aromatic N) is 3. The lowest BCUT2D eigenvalue weighted by atomic mass is 9.87. The van der Waals surface area contributed by atoms with Crippen molar-refractivity contribution in [2.75, 3.05) is 34.3 Å². The van der Waals surface area contributed by atoms with Crippen LogP contribution in [0.4, 0.5) is 4.79 Å². The van der Waals surface area contributed by atoms with Gasteiger partial charge in [-0.15, -0.1) is 0 Å². The number of urea groups is 1. The minimum atomic E-state index is -3.70. The summed E-state index contributed by atoms with van der Waals surface area (Å²) < 4.78 is 33.0. The Morgan fingerprint density at radius 1 is 1.04 bits per heavy atom. The molecule has 27 heavy (non-hydrogen) atoms. The highest BCUT2D eigenvalue weighted by molar-refractivity contribution is 7.89. The number of rotatable bonds is 3. The van der Waals surface area contributed by atoms with Gasteiger partial charge >= 0.3 is 6.03 Å². The second kappa shape index (κ2) is 6.49. The molecule has 0 bridgehead atoms. The number of imide groups is 1. The molecule has 0 aliphatic carbocycles. The summed E-state index contributed by atoms with van der Waals surface area (Å²) in [4.78, 5) is 27.5. The van der Waals surface area contributed by atoms with E-state index in [0.29, 0.717) is 11.3 Å². The number of hydrogen-bond donors (Lipinski definition) is 0. The average molecular weight is 395 g/mol. The number of hydrogen-bond acceptors (Lipinski definition) is 5. The van der Waals surface area contributed by atoms with E-state index in [-0.39, 0.29) is 42.8 Å². The van der Waals surface area contributed by atoms with Crippen molar-refractivity contribution in [3.05, 3.63) is 23.3 Å². The maximum absolute atomic E-state index is 13.2. The summed E-state index contributed by atoms with van der Waals surface area (Å²) in [7, 11) is 0.913. The van der Waals surface area contributed by atoms with Crippen molar-refractivity contribution in [3.63, 3.8) is 0 Å². The van der Waals surface area contributed by atoms with E-state index in [2.05, 4.69) is 0 Å². The smallest absolute Gasteiger partial charge is 0.327 e. The summed E-state index contributed by atoms with van der Waals surface area (Å²) in [5.74, 6) is 0.382. The second-order valence-electron chi connectivity index (χ2n) is 7.16. The third kappa shape index (κ3) is 2.71. The van der Waals surface area contributed by atoms with Crippen molar-refractivity contribution in [1.29, 1.82) is 0 Å². The Balaban J connectivity index is 1.87. The Morgan fingerprint density at radius 3 is 2.11 bits per heavy atom. The maximum Gasteiger partial charge on any atom is 0.327 e. The molecular weight excluding hydrogens is 370 g/mol. The molecule has 0 N–H and O–H groups in total. The normalized spacial score (nSPS) is 20.6. The van der Waals surface area contributed by atoms with Crippen LogP contribution in [0.2, 0.25) is 0 Å². The standard InChI is InChI=1S/C18H25N3O5S/c1-12-13(2)15(7-6-14(12)26-5)27(24,25)21-10-8-18(9-11-21)16(22)19(3)17(23)20(18)4/h6-7H,8-11H2,1-5H3. The highest BCUT2D eigenvalue weighted by atomic mass is 32.2. The Bertz CT molecular complexity index is 904. The van der Waals surface area contributed by atoms with Crippen LogP contribution in [-0.2, 0) is 14.8 Å². The molecule has 2 saturated heterocycles. The van der Waals surface area contributed by atoms with Gasteiger partial charge in [-0.1, -0.05) is 0 Å². The first-order chi connectivity index (χ1) is 12.6. The van der Waals surface area contributed by atoms with Gasteiger partial charge in [0.1, 0.15) is 11.3 Å². The number of ether oxygens (including phenoxy) is 1. The van der Waals surface area contributed by atoms with E-state index in [4.69, 9.17) is 4.74 Å². The summed E-state index contributed by atoms with van der Waals surface area (Å²) >= 11 is 0. The zero-order valence-electron chi connectivity index (χ0n) is 16.3. The fourth-order valence-corrected chi connectivity index (χ4v) is 5.73. The molecule has 8 nitrogen and oxygen atoms in total. The highest BCUT2D eigenvalue weighted by Crippen LogP contribution is 2.37. The second-order valence-corrected chi connectivity index (χ2v) is 9.06. The SMILES string of the molecule is COc1ccc(S(=O)(=O)N2CCC3(CC2)C(=O)N(C)C(=O)N3C)c(C)c1C. The molecule has 0 aromatic heterocycles. The zero-order chi connectivity index (χ0) is 20.1. The van der Waals surface area contributed by atoms with E-state index in [1.807, 2.05) is 6.92 Å². The fraction of sp³-hybridized carbons (Fsp3) is 0.556. The minimum absolute atomic E-state index is 0.185. The summed E-state index contributed by atoms with van der Waals surface area (Å²) in [5, 5.41) is 0. The lowest BCUT2D eigenvalue weighted by molar-refractivity contribution is -0.133. The predicted octanol–water partition coefficient (Wildman–Crippen LogP) is 1.36. The lowest BCUT2D eigenvalue weighted by Crippen LogP contribution is -2.56. The molecule has 0 saturated carbocycles. The molecule has 2 fully saturated rings. The summed E-state index contributed by atoms with van der Waals surface area (Å²) in [6.45, 7) is 3.96. The molecule has 2 aliphatic heterocycles. The van der Waals surface area contributed by atoms with Crippen molar-refractivity contribution in [1.82, 2.24) is 14.1 Å². The van der Waals surface area contributed by atoms with E-state index >= 15 is 0 Å². The van der Waals surface area contributed by atoms with E-state index in [1.54, 1.807) is 33.2 Å². The van der Waals surface area contributed by atoms with Gasteiger partial charge in [-0.25, -0.2) is 13.2 Å². The van der Waals surface area contributed by atoms with Gasteiger partial charge in [0.2, 0.25) is 10.0 Å². The van der Waals surface area contributed by atoms with Gasteiger partial charge in [0.25, 0.3) is 5.91 Å². The number of carbonyl (C=O) groups excluding carboxylic acids is 2. The first kappa shape index (κ1) is 19.6. The molecule has 1 aromatic rings. The van der Waals surface area contributed by atoms with Crippen LogP contribution in [0.25, 0.3) is 0 Å². The predicted molar refractivity (Wildman–Crippen MR) is 99.1 cm³/mol. The van der Waals surface area contributed by atoms with Crippen molar-refractivity contribution in [3.8, 4) is 5.75 Å². The minimum Gasteiger partial charge on any atom is -0.496 e. The molecule has 9 heteroatoms. The molecule has 1 spiro atoms. The molecule has 3 amide bonds. The number of methoxy groups -OCH3 is 1. The van der Waals surface area contributed by atoms with Crippen LogP contribution >= 0.6 is 0 Å². The zero-order valence-corrected chi connectivity index (χ0v) is 17.1. The van der Waals surface area contributed by atoms with Gasteiger partial charge in [0.15, 0.2) is 0 Å². The summed E-state index contributed by atoms with van der Waals surface area (Å²) in [6, 6.07) is 2.87. The monoisotopic (exact) mass is 395 g/mol. The Hall–Kier alpha value is -2.13. The maximum atomic E-state index is 13.2. The van der Waals surface area contributed by atoms with E-state index in [9.17, 15) is 18.0 Å². The van der Waals surface area contributed by atoms with Crippen LogP contribution < -0.4 is 4.74 Å². The Kier molecular flexibility index (Phi) is 4.72. The molecule has 0 atom stereocenters. The summed E-state index contributed by atoms with van der Waals surface area (Å²) in [5.41, 5.74) is 0.492. The molecular formula is C18H25N3O5S. The first-order valence-electron chi connectivity index (χ1n) is 8.78. The fourth-order valence-electron chi connectivity index (χ4n) is 4.01. The number of carbonyl (C=O) groups is 2. The van der Waals surface area contributed by atoms with Crippen LogP contribution in [0.1, 0.15) is 24.0 Å². The molecule has 2 heterocycles. The van der Waals surface area contributed by atoms with Crippen LogP contribution in [0.5, 0.6) is 5.75 Å². The Labute approximate surface area is 159 Å². The van der Waals surface area contributed by atoms with Gasteiger partial charge < -0.3 is 9.64 Å². The topological polar surface area (TPSA) is 87.2 Å². The summed E-state index contributed by atoms with van der Waals surface area (Å²) in [6.07, 6.45) is 0.567. The molecule has 148 valence electrons. The number of amides is 3. The third-order valence-electron chi connectivity index (χ3n) is 5.99. The highest BCUT2D eigenvalue weighted by Gasteiger charge is 2.56. The lowest BCUT2D eigenvalue weighted by Gasteiger charge is -2.40. The molecule has 2 aliphatic rings. The van der Waals surface area contributed by atoms with E-state index < -0.39 is 15.6 Å². The number of benzene rings is 1. The largest absolute Gasteiger partial charge is 0.496 e. The average Bonchev–Trinajstić information content (AvgIpc) is 2.80. The van der Waals surface area contributed by atoms with Crippen molar-refractivity contribution in [2.24, 2.45) is 0 Å².